The van der Waals surface area contributed by atoms with Crippen molar-refractivity contribution in [2.75, 3.05) is 11.1 Å². The van der Waals surface area contributed by atoms with Gasteiger partial charge >= 0.3 is 0 Å². The van der Waals surface area contributed by atoms with Crippen LogP contribution in [0.2, 0.25) is 0 Å². The van der Waals surface area contributed by atoms with Crippen LogP contribution in [-0.2, 0) is 0 Å². The van der Waals surface area contributed by atoms with E-state index in [0.29, 0.717) is 17.3 Å². The average molecular weight is 261 g/mol. The highest BCUT2D eigenvalue weighted by Gasteiger charge is 2.16. The second-order valence-corrected chi connectivity index (χ2v) is 5.62. The zero-order chi connectivity index (χ0) is 13.8. The van der Waals surface area contributed by atoms with Crippen molar-refractivity contribution in [3.8, 4) is 0 Å². The molecule has 0 radical (unpaired) electrons. The monoisotopic (exact) mass is 261 g/mol. The molecule has 5 N–H and O–H groups in total. The highest BCUT2D eigenvalue weighted by atomic mass is 16.1. The molecule has 1 aromatic carbocycles. The summed E-state index contributed by atoms with van der Waals surface area (Å²) in [5.74, 6) is 0.378. The van der Waals surface area contributed by atoms with Gasteiger partial charge in [-0.05, 0) is 43.4 Å². The van der Waals surface area contributed by atoms with E-state index in [1.165, 1.54) is 32.1 Å². The summed E-state index contributed by atoms with van der Waals surface area (Å²) in [6.07, 6.45) is 6.20. The van der Waals surface area contributed by atoms with Crippen LogP contribution >= 0.6 is 0 Å². The normalized spacial score (nSPS) is 23.6. The number of nitrogen functional groups attached to an aromatic ring is 1. The zero-order valence-corrected chi connectivity index (χ0v) is 11.5. The molecule has 0 saturated heterocycles. The molecule has 0 aromatic heterocycles. The standard InChI is InChI=1S/C15H23N3O/c1-10-3-2-4-12(7-5-10)18-14-8-6-11(15(17)19)9-13(14)16/h6,8-10,12,18H,2-5,7,16H2,1H3,(H2,17,19). The van der Waals surface area contributed by atoms with Crippen molar-refractivity contribution < 1.29 is 4.79 Å². The first-order chi connectivity index (χ1) is 9.06. The van der Waals surface area contributed by atoms with Gasteiger partial charge in [-0.25, -0.2) is 0 Å². The number of primary amides is 1. The van der Waals surface area contributed by atoms with Gasteiger partial charge in [0.05, 0.1) is 11.4 Å². The van der Waals surface area contributed by atoms with E-state index in [0.717, 1.165) is 11.6 Å². The lowest BCUT2D eigenvalue weighted by molar-refractivity contribution is 0.100. The molecule has 0 spiro atoms. The van der Waals surface area contributed by atoms with Crippen molar-refractivity contribution in [3.05, 3.63) is 23.8 Å². The number of rotatable bonds is 3. The third-order valence-corrected chi connectivity index (χ3v) is 3.95. The number of amides is 1. The van der Waals surface area contributed by atoms with Gasteiger partial charge in [-0.1, -0.05) is 19.8 Å². The lowest BCUT2D eigenvalue weighted by Crippen LogP contribution is -2.19. The summed E-state index contributed by atoms with van der Waals surface area (Å²) in [5.41, 5.74) is 13.2. The fraction of sp³-hybridized carbons (Fsp3) is 0.533. The molecule has 0 aliphatic heterocycles. The van der Waals surface area contributed by atoms with Gasteiger partial charge in [0.25, 0.3) is 0 Å². The molecule has 1 aliphatic carbocycles. The largest absolute Gasteiger partial charge is 0.397 e. The molecule has 0 heterocycles. The van der Waals surface area contributed by atoms with E-state index < -0.39 is 5.91 Å². The Bertz CT molecular complexity index is 459. The molecule has 1 fully saturated rings. The highest BCUT2D eigenvalue weighted by Crippen LogP contribution is 2.27. The van der Waals surface area contributed by atoms with E-state index in [4.69, 9.17) is 11.5 Å². The molecule has 2 rings (SSSR count). The quantitative estimate of drug-likeness (QED) is 0.578. The Hall–Kier alpha value is -1.71. The number of nitrogens with one attached hydrogen (secondary N) is 1. The van der Waals surface area contributed by atoms with E-state index in [2.05, 4.69) is 12.2 Å². The van der Waals surface area contributed by atoms with Crippen molar-refractivity contribution in [1.82, 2.24) is 0 Å². The van der Waals surface area contributed by atoms with Crippen molar-refractivity contribution in [3.63, 3.8) is 0 Å². The molecule has 4 nitrogen and oxygen atoms in total. The van der Waals surface area contributed by atoms with Crippen LogP contribution in [0, 0.1) is 5.92 Å². The first kappa shape index (κ1) is 13.7. The van der Waals surface area contributed by atoms with Crippen LogP contribution in [0.3, 0.4) is 0 Å². The molecule has 19 heavy (non-hydrogen) atoms. The number of anilines is 2. The predicted molar refractivity (Wildman–Crippen MR) is 79.0 cm³/mol. The summed E-state index contributed by atoms with van der Waals surface area (Å²) in [6.45, 7) is 2.32. The van der Waals surface area contributed by atoms with Crippen LogP contribution in [0.5, 0.6) is 0 Å². The lowest BCUT2D eigenvalue weighted by atomic mass is 10.0. The van der Waals surface area contributed by atoms with Crippen molar-refractivity contribution in [2.45, 2.75) is 45.1 Å². The van der Waals surface area contributed by atoms with Gasteiger partial charge in [0.2, 0.25) is 5.91 Å². The van der Waals surface area contributed by atoms with E-state index in [1.807, 2.05) is 6.07 Å². The van der Waals surface area contributed by atoms with Gasteiger partial charge in [0.1, 0.15) is 0 Å². The minimum absolute atomic E-state index is 0.443. The summed E-state index contributed by atoms with van der Waals surface area (Å²) < 4.78 is 0. The van der Waals surface area contributed by atoms with Gasteiger partial charge in [-0.15, -0.1) is 0 Å². The van der Waals surface area contributed by atoms with E-state index in [1.54, 1.807) is 12.1 Å². The number of hydrogen-bond donors (Lipinski definition) is 3. The van der Waals surface area contributed by atoms with E-state index in [9.17, 15) is 4.79 Å². The number of nitrogens with two attached hydrogens (primary N) is 2. The molecule has 1 amide bonds. The maximum atomic E-state index is 11.1. The zero-order valence-electron chi connectivity index (χ0n) is 11.5. The summed E-state index contributed by atoms with van der Waals surface area (Å²) in [6, 6.07) is 5.69. The Morgan fingerprint density at radius 2 is 2.05 bits per heavy atom. The predicted octanol–water partition coefficient (Wildman–Crippen LogP) is 2.75. The van der Waals surface area contributed by atoms with Gasteiger partial charge in [0, 0.05) is 11.6 Å². The van der Waals surface area contributed by atoms with Crippen LogP contribution in [0.1, 0.15) is 49.4 Å². The Balaban J connectivity index is 2.04. The lowest BCUT2D eigenvalue weighted by Gasteiger charge is -2.19. The molecular formula is C15H23N3O. The fourth-order valence-electron chi connectivity index (χ4n) is 2.70. The SMILES string of the molecule is CC1CCCC(Nc2ccc(C(N)=O)cc2N)CC1. The summed E-state index contributed by atoms with van der Waals surface area (Å²) in [5, 5.41) is 3.50. The van der Waals surface area contributed by atoms with Gasteiger partial charge < -0.3 is 16.8 Å². The third kappa shape index (κ3) is 3.63. The minimum atomic E-state index is -0.443. The van der Waals surface area contributed by atoms with E-state index in [-0.39, 0.29) is 0 Å². The molecule has 2 unspecified atom stereocenters. The minimum Gasteiger partial charge on any atom is -0.397 e. The maximum Gasteiger partial charge on any atom is 0.248 e. The highest BCUT2D eigenvalue weighted by molar-refractivity contribution is 5.94. The van der Waals surface area contributed by atoms with Crippen molar-refractivity contribution in [2.24, 2.45) is 11.7 Å². The van der Waals surface area contributed by atoms with E-state index >= 15 is 0 Å². The molecule has 1 saturated carbocycles. The van der Waals surface area contributed by atoms with Gasteiger partial charge in [-0.2, -0.15) is 0 Å². The molecule has 1 aliphatic rings. The second-order valence-electron chi connectivity index (χ2n) is 5.62. The van der Waals surface area contributed by atoms with Crippen LogP contribution in [-0.4, -0.2) is 11.9 Å². The summed E-state index contributed by atoms with van der Waals surface area (Å²) >= 11 is 0. The average Bonchev–Trinajstić information content (AvgIpc) is 2.57. The summed E-state index contributed by atoms with van der Waals surface area (Å²) in [4.78, 5) is 11.1. The number of carbonyl (C=O) groups is 1. The van der Waals surface area contributed by atoms with Gasteiger partial charge in [-0.3, -0.25) is 4.79 Å². The topological polar surface area (TPSA) is 81.1 Å². The first-order valence-electron chi connectivity index (χ1n) is 7.02. The van der Waals surface area contributed by atoms with Crippen LogP contribution in [0.4, 0.5) is 11.4 Å². The number of hydrogen-bond acceptors (Lipinski definition) is 3. The smallest absolute Gasteiger partial charge is 0.248 e. The molecule has 0 bridgehead atoms. The fourth-order valence-corrected chi connectivity index (χ4v) is 2.70. The second kappa shape index (κ2) is 5.95. The van der Waals surface area contributed by atoms with Crippen LogP contribution in [0.15, 0.2) is 18.2 Å². The maximum absolute atomic E-state index is 11.1. The number of benzene rings is 1. The molecule has 2 atom stereocenters. The molecule has 1 aromatic rings. The Morgan fingerprint density at radius 1 is 1.26 bits per heavy atom. The van der Waals surface area contributed by atoms with Crippen molar-refractivity contribution >= 4 is 17.3 Å². The Morgan fingerprint density at radius 3 is 2.74 bits per heavy atom. The first-order valence-corrected chi connectivity index (χ1v) is 7.02. The summed E-state index contributed by atoms with van der Waals surface area (Å²) in [7, 11) is 0. The Kier molecular flexibility index (Phi) is 4.30. The molecular weight excluding hydrogens is 238 g/mol. The van der Waals surface area contributed by atoms with Crippen LogP contribution < -0.4 is 16.8 Å². The molecule has 104 valence electrons. The third-order valence-electron chi connectivity index (χ3n) is 3.95. The Labute approximate surface area is 114 Å². The van der Waals surface area contributed by atoms with Crippen LogP contribution in [0.25, 0.3) is 0 Å². The van der Waals surface area contributed by atoms with Gasteiger partial charge in [0.15, 0.2) is 0 Å². The molecule has 4 heteroatoms. The van der Waals surface area contributed by atoms with Crippen molar-refractivity contribution in [1.29, 1.82) is 0 Å². The number of carbonyl (C=O) groups excluding carboxylic acids is 1.